The molecular weight excluding hydrogens is 440 g/mol. The van der Waals surface area contributed by atoms with Crippen molar-refractivity contribution in [1.82, 2.24) is 19.8 Å². The zero-order valence-corrected chi connectivity index (χ0v) is 20.5. The lowest BCUT2D eigenvalue weighted by Crippen LogP contribution is -2.31. The number of thiocarbonyl (C=S) groups is 1. The predicted molar refractivity (Wildman–Crippen MR) is 134 cm³/mol. The van der Waals surface area contributed by atoms with E-state index in [-0.39, 0.29) is 12.1 Å². The van der Waals surface area contributed by atoms with Crippen LogP contribution in [0.25, 0.3) is 5.69 Å². The highest BCUT2D eigenvalue weighted by molar-refractivity contribution is 7.80. The summed E-state index contributed by atoms with van der Waals surface area (Å²) in [5, 5.41) is 5.06. The molecule has 1 aliphatic heterocycles. The Hall–Kier alpha value is -2.41. The average molecular weight is 469 g/mol. The second-order valence-corrected chi connectivity index (χ2v) is 9.01. The number of nitrogens with one attached hydrogen (secondary N) is 1. The Kier molecular flexibility index (Phi) is 6.84. The Labute approximate surface area is 200 Å². The van der Waals surface area contributed by atoms with Gasteiger partial charge in [-0.1, -0.05) is 23.7 Å². The van der Waals surface area contributed by atoms with Gasteiger partial charge < -0.3 is 19.5 Å². The van der Waals surface area contributed by atoms with Crippen molar-refractivity contribution in [2.45, 2.75) is 39.3 Å². The fraction of sp³-hybridized carbons (Fsp3) is 0.360. The molecule has 3 aromatic rings. The first kappa shape index (κ1) is 22.8. The Bertz CT molecular complexity index is 1110. The van der Waals surface area contributed by atoms with E-state index in [0.717, 1.165) is 45.7 Å². The van der Waals surface area contributed by atoms with Crippen LogP contribution in [0.3, 0.4) is 0 Å². The maximum absolute atomic E-state index is 6.45. The van der Waals surface area contributed by atoms with Crippen LogP contribution in [0.1, 0.15) is 46.7 Å². The SMILES string of the molecule is COCCCN1C(=S)NC(c2ccccn2)C1c1cc(C)n(-c2cccc(Cl)c2C)c1C. The Balaban J connectivity index is 1.82. The molecule has 0 radical (unpaired) electrons. The lowest BCUT2D eigenvalue weighted by Gasteiger charge is -2.28. The van der Waals surface area contributed by atoms with Crippen molar-refractivity contribution >= 4 is 28.9 Å². The number of aryl methyl sites for hydroxylation is 1. The highest BCUT2D eigenvalue weighted by atomic mass is 35.5. The summed E-state index contributed by atoms with van der Waals surface area (Å²) < 4.78 is 7.59. The van der Waals surface area contributed by atoms with E-state index in [1.165, 1.54) is 11.3 Å². The molecule has 0 amide bonds. The van der Waals surface area contributed by atoms with Gasteiger partial charge in [0.15, 0.2) is 5.11 Å². The summed E-state index contributed by atoms with van der Waals surface area (Å²) in [7, 11) is 1.73. The number of aromatic nitrogens is 2. The Morgan fingerprint density at radius 1 is 1.16 bits per heavy atom. The zero-order chi connectivity index (χ0) is 22.8. The van der Waals surface area contributed by atoms with Crippen molar-refractivity contribution in [2.24, 2.45) is 0 Å². The van der Waals surface area contributed by atoms with Gasteiger partial charge in [0.25, 0.3) is 0 Å². The van der Waals surface area contributed by atoms with Crippen LogP contribution >= 0.6 is 23.8 Å². The van der Waals surface area contributed by atoms with E-state index in [0.29, 0.717) is 6.61 Å². The molecule has 1 saturated heterocycles. The zero-order valence-electron chi connectivity index (χ0n) is 18.9. The lowest BCUT2D eigenvalue weighted by atomic mass is 9.96. The maximum atomic E-state index is 6.45. The summed E-state index contributed by atoms with van der Waals surface area (Å²) in [4.78, 5) is 6.93. The second-order valence-electron chi connectivity index (χ2n) is 8.21. The lowest BCUT2D eigenvalue weighted by molar-refractivity contribution is 0.180. The van der Waals surface area contributed by atoms with Crippen LogP contribution in [-0.4, -0.2) is 39.8 Å². The molecule has 2 aromatic heterocycles. The van der Waals surface area contributed by atoms with Crippen LogP contribution in [0, 0.1) is 20.8 Å². The van der Waals surface area contributed by atoms with Gasteiger partial charge >= 0.3 is 0 Å². The second kappa shape index (κ2) is 9.61. The van der Waals surface area contributed by atoms with E-state index >= 15 is 0 Å². The van der Waals surface area contributed by atoms with Crippen molar-refractivity contribution < 1.29 is 4.74 Å². The van der Waals surface area contributed by atoms with Gasteiger partial charge in [-0.15, -0.1) is 0 Å². The molecule has 0 spiro atoms. The third-order valence-electron chi connectivity index (χ3n) is 6.21. The third kappa shape index (κ3) is 4.15. The molecule has 1 aromatic carbocycles. The van der Waals surface area contributed by atoms with E-state index in [9.17, 15) is 0 Å². The molecule has 7 heteroatoms. The van der Waals surface area contributed by atoms with Crippen LogP contribution in [0.2, 0.25) is 5.02 Å². The molecule has 0 saturated carbocycles. The Morgan fingerprint density at radius 2 is 1.97 bits per heavy atom. The fourth-order valence-electron chi connectivity index (χ4n) is 4.66. The van der Waals surface area contributed by atoms with Crippen molar-refractivity contribution in [3.8, 4) is 5.69 Å². The first-order valence-electron chi connectivity index (χ1n) is 10.9. The van der Waals surface area contributed by atoms with E-state index < -0.39 is 0 Å². The van der Waals surface area contributed by atoms with Crippen LogP contribution in [0.5, 0.6) is 0 Å². The van der Waals surface area contributed by atoms with Gasteiger partial charge in [0, 0.05) is 48.6 Å². The first-order valence-corrected chi connectivity index (χ1v) is 11.6. The van der Waals surface area contributed by atoms with Crippen LogP contribution < -0.4 is 5.32 Å². The molecule has 1 N–H and O–H groups in total. The van der Waals surface area contributed by atoms with Crippen molar-refractivity contribution in [3.05, 3.63) is 81.9 Å². The number of ether oxygens (including phenoxy) is 1. The van der Waals surface area contributed by atoms with Crippen molar-refractivity contribution in [2.75, 3.05) is 20.3 Å². The van der Waals surface area contributed by atoms with Gasteiger partial charge in [-0.2, -0.15) is 0 Å². The van der Waals surface area contributed by atoms with Crippen molar-refractivity contribution in [3.63, 3.8) is 0 Å². The summed E-state index contributed by atoms with van der Waals surface area (Å²) in [6.45, 7) is 7.89. The number of rotatable bonds is 7. The number of hydrogen-bond acceptors (Lipinski definition) is 3. The number of halogens is 1. The highest BCUT2D eigenvalue weighted by Gasteiger charge is 2.41. The van der Waals surface area contributed by atoms with Crippen molar-refractivity contribution in [1.29, 1.82) is 0 Å². The van der Waals surface area contributed by atoms with Gasteiger partial charge in [-0.3, -0.25) is 4.98 Å². The monoisotopic (exact) mass is 468 g/mol. The smallest absolute Gasteiger partial charge is 0.170 e. The van der Waals surface area contributed by atoms with Crippen LogP contribution in [0.15, 0.2) is 48.7 Å². The quantitative estimate of drug-likeness (QED) is 0.368. The minimum Gasteiger partial charge on any atom is -0.385 e. The van der Waals surface area contributed by atoms with Gasteiger partial charge in [0.1, 0.15) is 0 Å². The molecule has 4 rings (SSSR count). The van der Waals surface area contributed by atoms with E-state index in [2.05, 4.69) is 58.7 Å². The standard InChI is InChI=1S/C25H29ClN4OS/c1-16-15-19(18(3)30(16)22-11-7-9-20(26)17(22)2)24-23(21-10-5-6-12-27-21)28-25(32)29(24)13-8-14-31-4/h5-7,9-12,15,23-24H,8,13-14H2,1-4H3,(H,28,32). The largest absolute Gasteiger partial charge is 0.385 e. The average Bonchev–Trinajstić information content (AvgIpc) is 3.26. The number of hydrogen-bond donors (Lipinski definition) is 1. The summed E-state index contributed by atoms with van der Waals surface area (Å²) in [5.41, 5.74) is 6.74. The summed E-state index contributed by atoms with van der Waals surface area (Å²) in [5.74, 6) is 0. The minimum absolute atomic E-state index is 0.0272. The summed E-state index contributed by atoms with van der Waals surface area (Å²) in [6, 6.07) is 14.4. The van der Waals surface area contributed by atoms with E-state index in [4.69, 9.17) is 28.6 Å². The molecule has 1 fully saturated rings. The Morgan fingerprint density at radius 3 is 2.69 bits per heavy atom. The molecule has 5 nitrogen and oxygen atoms in total. The molecule has 2 unspecified atom stereocenters. The van der Waals surface area contributed by atoms with E-state index in [1.54, 1.807) is 7.11 Å². The highest BCUT2D eigenvalue weighted by Crippen LogP contribution is 2.41. The molecule has 32 heavy (non-hydrogen) atoms. The maximum Gasteiger partial charge on any atom is 0.170 e. The van der Waals surface area contributed by atoms with Crippen LogP contribution in [-0.2, 0) is 4.74 Å². The van der Waals surface area contributed by atoms with Gasteiger partial charge in [-0.25, -0.2) is 0 Å². The number of nitrogens with zero attached hydrogens (tertiary/aromatic N) is 3. The fourth-order valence-corrected chi connectivity index (χ4v) is 5.16. The molecular formula is C25H29ClN4OS. The number of pyridine rings is 1. The topological polar surface area (TPSA) is 42.3 Å². The third-order valence-corrected chi connectivity index (χ3v) is 6.98. The molecule has 1 aliphatic rings. The van der Waals surface area contributed by atoms with Gasteiger partial charge in [0.2, 0.25) is 0 Å². The molecule has 168 valence electrons. The van der Waals surface area contributed by atoms with Crippen LogP contribution in [0.4, 0.5) is 0 Å². The van der Waals surface area contributed by atoms with Gasteiger partial charge in [0.05, 0.1) is 17.8 Å². The molecule has 0 bridgehead atoms. The molecule has 2 atom stereocenters. The van der Waals surface area contributed by atoms with Gasteiger partial charge in [-0.05, 0) is 80.9 Å². The number of methoxy groups -OCH3 is 1. The molecule has 0 aliphatic carbocycles. The normalized spacial score (nSPS) is 18.3. The summed E-state index contributed by atoms with van der Waals surface area (Å²) >= 11 is 12.2. The first-order chi connectivity index (χ1) is 15.4. The number of benzene rings is 1. The predicted octanol–water partition coefficient (Wildman–Crippen LogP) is 5.46. The van der Waals surface area contributed by atoms with E-state index in [1.807, 2.05) is 30.5 Å². The minimum atomic E-state index is -0.0272. The molecule has 3 heterocycles. The summed E-state index contributed by atoms with van der Waals surface area (Å²) in [6.07, 6.45) is 2.74.